The maximum atomic E-state index is 13.9. The first kappa shape index (κ1) is 23.6. The van der Waals surface area contributed by atoms with Crippen LogP contribution in [0.3, 0.4) is 0 Å². The number of amides is 1. The standard InChI is InChI=1S/C25H25FN4O3S/c1-14-15(2)34-25-22(14)24(32)28-23(29-25)17-6-5-7-18(11-17)27-21(31)13-30(3)12-16-8-9-20(33-4)19(26)10-16/h5-11H,12-13H2,1-4H3,(H,27,31)(H,28,29,32). The van der Waals surface area contributed by atoms with Crippen LogP contribution in [0.4, 0.5) is 10.1 Å². The molecular weight excluding hydrogens is 455 g/mol. The average Bonchev–Trinajstić information content (AvgIpc) is 3.07. The van der Waals surface area contributed by atoms with Gasteiger partial charge in [0.1, 0.15) is 10.7 Å². The summed E-state index contributed by atoms with van der Waals surface area (Å²) in [5, 5.41) is 3.49. The molecule has 34 heavy (non-hydrogen) atoms. The molecule has 2 heterocycles. The number of H-pyrrole nitrogens is 1. The van der Waals surface area contributed by atoms with E-state index in [-0.39, 0.29) is 23.8 Å². The Labute approximate surface area is 200 Å². The first-order chi connectivity index (χ1) is 16.2. The molecule has 0 fully saturated rings. The summed E-state index contributed by atoms with van der Waals surface area (Å²) < 4.78 is 18.8. The Morgan fingerprint density at radius 1 is 1.24 bits per heavy atom. The summed E-state index contributed by atoms with van der Waals surface area (Å²) in [6, 6.07) is 11.9. The quantitative estimate of drug-likeness (QED) is 0.407. The molecule has 7 nitrogen and oxygen atoms in total. The minimum absolute atomic E-state index is 0.118. The molecule has 0 aliphatic rings. The molecule has 0 radical (unpaired) electrons. The molecule has 0 unspecified atom stereocenters. The maximum absolute atomic E-state index is 13.9. The Balaban J connectivity index is 1.45. The zero-order chi connectivity index (χ0) is 24.4. The molecular formula is C25H25FN4O3S. The molecule has 0 spiro atoms. The summed E-state index contributed by atoms with van der Waals surface area (Å²) in [7, 11) is 3.20. The van der Waals surface area contributed by atoms with Crippen molar-refractivity contribution in [3.63, 3.8) is 0 Å². The molecule has 1 amide bonds. The van der Waals surface area contributed by atoms with Crippen LogP contribution in [0.1, 0.15) is 16.0 Å². The lowest BCUT2D eigenvalue weighted by Gasteiger charge is -2.17. The van der Waals surface area contributed by atoms with Crippen LogP contribution in [0.25, 0.3) is 21.6 Å². The van der Waals surface area contributed by atoms with E-state index in [1.807, 2.05) is 19.9 Å². The van der Waals surface area contributed by atoms with Crippen molar-refractivity contribution in [3.05, 3.63) is 74.6 Å². The van der Waals surface area contributed by atoms with E-state index in [9.17, 15) is 14.0 Å². The number of aromatic amines is 1. The van der Waals surface area contributed by atoms with Gasteiger partial charge in [0.2, 0.25) is 5.91 Å². The topological polar surface area (TPSA) is 87.3 Å². The average molecular weight is 481 g/mol. The van der Waals surface area contributed by atoms with Crippen LogP contribution in [0.5, 0.6) is 5.75 Å². The monoisotopic (exact) mass is 480 g/mol. The van der Waals surface area contributed by atoms with E-state index >= 15 is 0 Å². The Morgan fingerprint density at radius 3 is 2.76 bits per heavy atom. The number of rotatable bonds is 7. The summed E-state index contributed by atoms with van der Waals surface area (Å²) in [4.78, 5) is 36.2. The van der Waals surface area contributed by atoms with E-state index in [0.717, 1.165) is 16.0 Å². The highest BCUT2D eigenvalue weighted by atomic mass is 32.1. The number of methoxy groups -OCH3 is 1. The van der Waals surface area contributed by atoms with Gasteiger partial charge in [0.15, 0.2) is 11.6 Å². The Bertz CT molecular complexity index is 1430. The Morgan fingerprint density at radius 2 is 2.03 bits per heavy atom. The number of carbonyl (C=O) groups is 1. The summed E-state index contributed by atoms with van der Waals surface area (Å²) in [5.41, 5.74) is 2.80. The zero-order valence-electron chi connectivity index (χ0n) is 19.4. The van der Waals surface area contributed by atoms with Gasteiger partial charge >= 0.3 is 0 Å². The molecule has 0 saturated heterocycles. The Kier molecular flexibility index (Phi) is 6.76. The molecule has 0 atom stereocenters. The van der Waals surface area contributed by atoms with Gasteiger partial charge in [-0.05, 0) is 56.3 Å². The third kappa shape index (κ3) is 5.00. The number of nitrogens with one attached hydrogen (secondary N) is 2. The number of benzene rings is 2. The lowest BCUT2D eigenvalue weighted by Crippen LogP contribution is -2.29. The maximum Gasteiger partial charge on any atom is 0.260 e. The number of fused-ring (bicyclic) bond motifs is 1. The van der Waals surface area contributed by atoms with Gasteiger partial charge in [0, 0.05) is 22.7 Å². The molecule has 2 aromatic carbocycles. The number of ether oxygens (including phenoxy) is 1. The van der Waals surface area contributed by atoms with Crippen LogP contribution < -0.4 is 15.6 Å². The van der Waals surface area contributed by atoms with Crippen LogP contribution >= 0.6 is 11.3 Å². The Hall–Kier alpha value is -3.56. The van der Waals surface area contributed by atoms with Crippen LogP contribution in [-0.4, -0.2) is 41.5 Å². The van der Waals surface area contributed by atoms with Gasteiger partial charge < -0.3 is 15.0 Å². The minimum Gasteiger partial charge on any atom is -0.494 e. The number of aromatic nitrogens is 2. The SMILES string of the molecule is COc1ccc(CN(C)CC(=O)Nc2cccc(-c3nc4sc(C)c(C)c4c(=O)[nH]3)c2)cc1F. The predicted molar refractivity (Wildman–Crippen MR) is 133 cm³/mol. The van der Waals surface area contributed by atoms with Crippen LogP contribution in [0, 0.1) is 19.7 Å². The fraction of sp³-hybridized carbons (Fsp3) is 0.240. The van der Waals surface area contributed by atoms with Crippen molar-refractivity contribution in [3.8, 4) is 17.1 Å². The molecule has 4 aromatic rings. The number of nitrogens with zero attached hydrogens (tertiary/aromatic N) is 2. The van der Waals surface area contributed by atoms with E-state index in [1.165, 1.54) is 24.5 Å². The van der Waals surface area contributed by atoms with Crippen molar-refractivity contribution in [2.75, 3.05) is 26.0 Å². The molecule has 0 saturated carbocycles. The number of hydrogen-bond donors (Lipinski definition) is 2. The number of aryl methyl sites for hydroxylation is 2. The third-order valence-corrected chi connectivity index (χ3v) is 6.64. The normalized spacial score (nSPS) is 11.2. The number of likely N-dealkylation sites (N-methyl/N-ethyl adjacent to an activating group) is 1. The lowest BCUT2D eigenvalue weighted by molar-refractivity contribution is -0.117. The molecule has 2 aromatic heterocycles. The third-order valence-electron chi connectivity index (χ3n) is 5.54. The first-order valence-electron chi connectivity index (χ1n) is 10.7. The van der Waals surface area contributed by atoms with Gasteiger partial charge in [-0.1, -0.05) is 18.2 Å². The summed E-state index contributed by atoms with van der Waals surface area (Å²) >= 11 is 1.49. The summed E-state index contributed by atoms with van der Waals surface area (Å²) in [6.45, 7) is 4.41. The number of hydrogen-bond acceptors (Lipinski definition) is 6. The largest absolute Gasteiger partial charge is 0.494 e. The van der Waals surface area contributed by atoms with E-state index in [2.05, 4.69) is 15.3 Å². The van der Waals surface area contributed by atoms with Crippen molar-refractivity contribution in [2.24, 2.45) is 0 Å². The highest BCUT2D eigenvalue weighted by Crippen LogP contribution is 2.28. The molecule has 2 N–H and O–H groups in total. The van der Waals surface area contributed by atoms with Crippen molar-refractivity contribution in [1.82, 2.24) is 14.9 Å². The van der Waals surface area contributed by atoms with Crippen LogP contribution in [0.2, 0.25) is 0 Å². The van der Waals surface area contributed by atoms with Gasteiger partial charge in [-0.3, -0.25) is 14.5 Å². The lowest BCUT2D eigenvalue weighted by atomic mass is 10.1. The number of carbonyl (C=O) groups excluding carboxylic acids is 1. The van der Waals surface area contributed by atoms with E-state index in [4.69, 9.17) is 4.74 Å². The summed E-state index contributed by atoms with van der Waals surface area (Å²) in [6.07, 6.45) is 0. The summed E-state index contributed by atoms with van der Waals surface area (Å²) in [5.74, 6) is -0.0146. The smallest absolute Gasteiger partial charge is 0.260 e. The van der Waals surface area contributed by atoms with Gasteiger partial charge in [-0.2, -0.15) is 0 Å². The fourth-order valence-electron chi connectivity index (χ4n) is 3.76. The van der Waals surface area contributed by atoms with E-state index in [0.29, 0.717) is 33.8 Å². The molecule has 0 aliphatic carbocycles. The zero-order valence-corrected chi connectivity index (χ0v) is 20.2. The van der Waals surface area contributed by atoms with E-state index in [1.54, 1.807) is 42.3 Å². The predicted octanol–water partition coefficient (Wildman–Crippen LogP) is 4.49. The molecule has 176 valence electrons. The molecule has 0 aliphatic heterocycles. The van der Waals surface area contributed by atoms with Gasteiger partial charge in [0.05, 0.1) is 19.0 Å². The van der Waals surface area contributed by atoms with Crippen molar-refractivity contribution in [2.45, 2.75) is 20.4 Å². The second-order valence-corrected chi connectivity index (χ2v) is 9.35. The van der Waals surface area contributed by atoms with Gasteiger partial charge in [-0.25, -0.2) is 9.37 Å². The van der Waals surface area contributed by atoms with Crippen molar-refractivity contribution < 1.29 is 13.9 Å². The molecule has 0 bridgehead atoms. The van der Waals surface area contributed by atoms with Gasteiger partial charge in [0.25, 0.3) is 5.56 Å². The van der Waals surface area contributed by atoms with Gasteiger partial charge in [-0.15, -0.1) is 11.3 Å². The van der Waals surface area contributed by atoms with Crippen molar-refractivity contribution in [1.29, 1.82) is 0 Å². The molecule has 9 heteroatoms. The second-order valence-electron chi connectivity index (χ2n) is 8.15. The fourth-order valence-corrected chi connectivity index (χ4v) is 4.79. The highest BCUT2D eigenvalue weighted by molar-refractivity contribution is 7.18. The minimum atomic E-state index is -0.438. The highest BCUT2D eigenvalue weighted by Gasteiger charge is 2.14. The molecule has 4 rings (SSSR count). The van der Waals surface area contributed by atoms with Crippen molar-refractivity contribution >= 4 is 33.1 Å². The van der Waals surface area contributed by atoms with Crippen LogP contribution in [0.15, 0.2) is 47.3 Å². The van der Waals surface area contributed by atoms with Crippen LogP contribution in [-0.2, 0) is 11.3 Å². The van der Waals surface area contributed by atoms with E-state index < -0.39 is 5.82 Å². The first-order valence-corrected chi connectivity index (χ1v) is 11.5. The number of halogens is 1. The number of thiophene rings is 1. The number of anilines is 1. The second kappa shape index (κ2) is 9.74.